The molecule has 3 aromatic rings. The number of nitrogens with one attached hydrogen (secondary N) is 1. The van der Waals surface area contributed by atoms with Crippen molar-refractivity contribution in [3.05, 3.63) is 102 Å². The standard InChI is InChI=1S/C21H17N3O5S/c25-20-13-24(30(27,28)23-20)18-10-9-16(21(26)17-8-4-5-11-22-17)12-19(18)29-14-15-6-2-1-3-7-15/h1-13,23,25H,14H2. The second-order valence-electron chi connectivity index (χ2n) is 6.42. The Balaban J connectivity index is 1.73. The van der Waals surface area contributed by atoms with E-state index in [9.17, 15) is 18.3 Å². The van der Waals surface area contributed by atoms with Gasteiger partial charge in [0, 0.05) is 11.8 Å². The fourth-order valence-electron chi connectivity index (χ4n) is 2.92. The van der Waals surface area contributed by atoms with Crippen molar-refractivity contribution in [1.29, 1.82) is 0 Å². The maximum absolute atomic E-state index is 12.8. The van der Waals surface area contributed by atoms with E-state index in [1.165, 1.54) is 24.4 Å². The number of pyridine rings is 1. The molecule has 9 heteroatoms. The fraction of sp³-hybridized carbons (Fsp3) is 0.0476. The summed E-state index contributed by atoms with van der Waals surface area (Å²) in [6.07, 6.45) is 2.55. The highest BCUT2D eigenvalue weighted by Crippen LogP contribution is 2.34. The molecule has 0 amide bonds. The van der Waals surface area contributed by atoms with Crippen molar-refractivity contribution in [1.82, 2.24) is 9.71 Å². The normalized spacial score (nSPS) is 14.7. The lowest BCUT2D eigenvalue weighted by Gasteiger charge is -2.19. The molecule has 2 aromatic carbocycles. The number of aromatic nitrogens is 1. The van der Waals surface area contributed by atoms with E-state index in [1.807, 2.05) is 35.1 Å². The molecule has 0 fully saturated rings. The zero-order valence-corrected chi connectivity index (χ0v) is 16.4. The third kappa shape index (κ3) is 3.96. The first-order valence-electron chi connectivity index (χ1n) is 8.93. The molecular formula is C21H17N3O5S. The summed E-state index contributed by atoms with van der Waals surface area (Å²) in [5, 5.41) is 9.61. The van der Waals surface area contributed by atoms with Crippen LogP contribution in [0.5, 0.6) is 5.75 Å². The zero-order chi connectivity index (χ0) is 21.1. The molecule has 0 bridgehead atoms. The van der Waals surface area contributed by atoms with E-state index >= 15 is 0 Å². The van der Waals surface area contributed by atoms with Gasteiger partial charge in [0.15, 0.2) is 0 Å². The molecule has 2 heterocycles. The SMILES string of the molecule is O=C(c1ccc(N2C=C(O)NS2(=O)=O)c(OCc2ccccc2)c1)c1ccccn1. The smallest absolute Gasteiger partial charge is 0.330 e. The summed E-state index contributed by atoms with van der Waals surface area (Å²) in [7, 11) is -4.02. The van der Waals surface area contributed by atoms with Gasteiger partial charge in [0.1, 0.15) is 23.7 Å². The number of anilines is 1. The lowest BCUT2D eigenvalue weighted by molar-refractivity contribution is 0.103. The Hall–Kier alpha value is -3.85. The van der Waals surface area contributed by atoms with Gasteiger partial charge in [-0.3, -0.25) is 9.78 Å². The topological polar surface area (TPSA) is 109 Å². The Bertz CT molecular complexity index is 1210. The average molecular weight is 423 g/mol. The van der Waals surface area contributed by atoms with Gasteiger partial charge in [-0.05, 0) is 35.9 Å². The Morgan fingerprint density at radius 1 is 1.07 bits per heavy atom. The molecule has 0 radical (unpaired) electrons. The number of carbonyl (C=O) groups is 1. The Labute approximate surface area is 173 Å². The average Bonchev–Trinajstić information content (AvgIpc) is 3.04. The van der Waals surface area contributed by atoms with Gasteiger partial charge in [-0.25, -0.2) is 9.03 Å². The van der Waals surface area contributed by atoms with E-state index in [-0.39, 0.29) is 29.5 Å². The molecule has 0 unspecified atom stereocenters. The maximum atomic E-state index is 12.8. The van der Waals surface area contributed by atoms with E-state index < -0.39 is 16.1 Å². The molecule has 0 atom stereocenters. The van der Waals surface area contributed by atoms with Gasteiger partial charge in [-0.15, -0.1) is 0 Å². The van der Waals surface area contributed by atoms with Gasteiger partial charge < -0.3 is 9.84 Å². The Morgan fingerprint density at radius 3 is 2.50 bits per heavy atom. The predicted molar refractivity (Wildman–Crippen MR) is 110 cm³/mol. The summed E-state index contributed by atoms with van der Waals surface area (Å²) in [6.45, 7) is 0.159. The van der Waals surface area contributed by atoms with Crippen LogP contribution in [0.4, 0.5) is 5.69 Å². The highest BCUT2D eigenvalue weighted by Gasteiger charge is 2.31. The number of aliphatic hydroxyl groups excluding tert-OH is 1. The largest absolute Gasteiger partial charge is 0.493 e. The summed E-state index contributed by atoms with van der Waals surface area (Å²) in [6, 6.07) is 18.7. The summed E-state index contributed by atoms with van der Waals surface area (Å²) >= 11 is 0. The van der Waals surface area contributed by atoms with Crippen LogP contribution in [0.3, 0.4) is 0 Å². The number of rotatable bonds is 6. The monoisotopic (exact) mass is 423 g/mol. The van der Waals surface area contributed by atoms with Crippen LogP contribution in [0, 0.1) is 0 Å². The number of nitrogens with zero attached hydrogens (tertiary/aromatic N) is 2. The van der Waals surface area contributed by atoms with Crippen molar-refractivity contribution in [2.75, 3.05) is 4.31 Å². The van der Waals surface area contributed by atoms with E-state index in [2.05, 4.69) is 4.98 Å². The number of ether oxygens (including phenoxy) is 1. The third-order valence-corrected chi connectivity index (χ3v) is 5.61. The molecule has 30 heavy (non-hydrogen) atoms. The summed E-state index contributed by atoms with van der Waals surface area (Å²) < 4.78 is 33.3. The van der Waals surface area contributed by atoms with Gasteiger partial charge in [-0.2, -0.15) is 8.42 Å². The summed E-state index contributed by atoms with van der Waals surface area (Å²) in [4.78, 5) is 16.8. The highest BCUT2D eigenvalue weighted by atomic mass is 32.2. The van der Waals surface area contributed by atoms with Gasteiger partial charge in [0.25, 0.3) is 0 Å². The van der Waals surface area contributed by atoms with Crippen molar-refractivity contribution < 1.29 is 23.1 Å². The van der Waals surface area contributed by atoms with E-state index in [0.717, 1.165) is 16.1 Å². The first kappa shape index (κ1) is 19.5. The predicted octanol–water partition coefficient (Wildman–Crippen LogP) is 2.90. The lowest BCUT2D eigenvalue weighted by Crippen LogP contribution is -2.30. The summed E-state index contributed by atoms with van der Waals surface area (Å²) in [5.74, 6) is -0.679. The minimum Gasteiger partial charge on any atom is -0.493 e. The van der Waals surface area contributed by atoms with Gasteiger partial charge in [-0.1, -0.05) is 36.4 Å². The molecule has 8 nitrogen and oxygen atoms in total. The molecule has 2 N–H and O–H groups in total. The molecule has 1 aliphatic heterocycles. The van der Waals surface area contributed by atoms with Crippen LogP contribution >= 0.6 is 0 Å². The van der Waals surface area contributed by atoms with Gasteiger partial charge in [0.2, 0.25) is 11.7 Å². The Morgan fingerprint density at radius 2 is 1.83 bits per heavy atom. The molecule has 152 valence electrons. The summed E-state index contributed by atoms with van der Waals surface area (Å²) in [5.41, 5.74) is 1.57. The van der Waals surface area contributed by atoms with E-state index in [0.29, 0.717) is 5.56 Å². The number of benzene rings is 2. The van der Waals surface area contributed by atoms with Gasteiger partial charge in [0.05, 0.1) is 6.20 Å². The highest BCUT2D eigenvalue weighted by molar-refractivity contribution is 7.91. The second kappa shape index (κ2) is 7.88. The first-order chi connectivity index (χ1) is 14.4. The third-order valence-electron chi connectivity index (χ3n) is 4.33. The molecule has 0 spiro atoms. The number of hydrogen-bond donors (Lipinski definition) is 2. The van der Waals surface area contributed by atoms with Gasteiger partial charge >= 0.3 is 10.2 Å². The van der Waals surface area contributed by atoms with Crippen molar-refractivity contribution in [2.45, 2.75) is 6.61 Å². The van der Waals surface area contributed by atoms with Crippen molar-refractivity contribution in [3.63, 3.8) is 0 Å². The Kier molecular flexibility index (Phi) is 5.11. The molecule has 0 saturated carbocycles. The van der Waals surface area contributed by atoms with E-state index in [4.69, 9.17) is 4.74 Å². The molecule has 1 aliphatic rings. The van der Waals surface area contributed by atoms with Crippen molar-refractivity contribution >= 4 is 21.7 Å². The van der Waals surface area contributed by atoms with Crippen LogP contribution < -0.4 is 13.8 Å². The molecule has 1 aromatic heterocycles. The number of aliphatic hydroxyl groups is 1. The van der Waals surface area contributed by atoms with Crippen LogP contribution in [-0.4, -0.2) is 24.3 Å². The lowest BCUT2D eigenvalue weighted by atomic mass is 10.1. The van der Waals surface area contributed by atoms with Crippen molar-refractivity contribution in [2.24, 2.45) is 0 Å². The molecular weight excluding hydrogens is 406 g/mol. The van der Waals surface area contributed by atoms with E-state index in [1.54, 1.807) is 18.2 Å². The second-order valence-corrected chi connectivity index (χ2v) is 7.97. The van der Waals surface area contributed by atoms with Crippen LogP contribution in [0.25, 0.3) is 0 Å². The minimum absolute atomic E-state index is 0.153. The van der Waals surface area contributed by atoms with Crippen LogP contribution in [-0.2, 0) is 16.8 Å². The molecule has 4 rings (SSSR count). The molecule has 0 saturated heterocycles. The van der Waals surface area contributed by atoms with Crippen molar-refractivity contribution in [3.8, 4) is 5.75 Å². The van der Waals surface area contributed by atoms with Crippen LogP contribution in [0.15, 0.2) is 85.0 Å². The fourth-order valence-corrected chi connectivity index (χ4v) is 3.98. The quantitative estimate of drug-likeness (QED) is 0.590. The minimum atomic E-state index is -4.02. The molecule has 0 aliphatic carbocycles. The first-order valence-corrected chi connectivity index (χ1v) is 10.4. The maximum Gasteiger partial charge on any atom is 0.330 e. The number of hydrogen-bond acceptors (Lipinski definition) is 6. The number of carbonyl (C=O) groups excluding carboxylic acids is 1. The zero-order valence-electron chi connectivity index (χ0n) is 15.6. The van der Waals surface area contributed by atoms with Crippen LogP contribution in [0.2, 0.25) is 0 Å². The number of ketones is 1. The van der Waals surface area contributed by atoms with Crippen LogP contribution in [0.1, 0.15) is 21.6 Å².